The highest BCUT2D eigenvalue weighted by atomic mass is 35.5. The predicted molar refractivity (Wildman–Crippen MR) is 116 cm³/mol. The number of hydrogen-bond donors (Lipinski definition) is 1. The van der Waals surface area contributed by atoms with Gasteiger partial charge in [-0.1, -0.05) is 41.4 Å². The molecule has 1 amide bonds. The Kier molecular flexibility index (Phi) is 7.39. The van der Waals surface area contributed by atoms with Gasteiger partial charge in [0.2, 0.25) is 15.9 Å². The summed E-state index contributed by atoms with van der Waals surface area (Å²) in [7, 11) is -3.60. The molecule has 1 heterocycles. The Bertz CT molecular complexity index is 987. The first-order valence-corrected chi connectivity index (χ1v) is 12.0. The molecule has 0 spiro atoms. The first-order chi connectivity index (χ1) is 14.2. The maximum absolute atomic E-state index is 13.1. The smallest absolute Gasteiger partial charge is 0.223 e. The average Bonchev–Trinajstić information content (AvgIpc) is 2.71. The molecule has 0 saturated carbocycles. The Balaban J connectivity index is 1.57. The summed E-state index contributed by atoms with van der Waals surface area (Å²) < 4.78 is 40.1. The summed E-state index contributed by atoms with van der Waals surface area (Å²) in [4.78, 5) is 12.6. The van der Waals surface area contributed by atoms with Gasteiger partial charge < -0.3 is 5.32 Å². The molecule has 1 saturated heterocycles. The molecule has 0 bridgehead atoms. The van der Waals surface area contributed by atoms with E-state index in [2.05, 4.69) is 5.32 Å². The van der Waals surface area contributed by atoms with Crippen LogP contribution in [-0.4, -0.2) is 31.7 Å². The Labute approximate surface area is 186 Å². The van der Waals surface area contributed by atoms with Gasteiger partial charge in [0.1, 0.15) is 5.82 Å². The van der Waals surface area contributed by atoms with Crippen LogP contribution in [0.25, 0.3) is 0 Å². The van der Waals surface area contributed by atoms with Gasteiger partial charge >= 0.3 is 0 Å². The summed E-state index contributed by atoms with van der Waals surface area (Å²) in [6, 6.07) is 10.6. The molecule has 2 aromatic carbocycles. The number of hydrogen-bond acceptors (Lipinski definition) is 3. The summed E-state index contributed by atoms with van der Waals surface area (Å²) in [5.41, 5.74) is 1.19. The minimum absolute atomic E-state index is 0.127. The first kappa shape index (κ1) is 23.0. The molecule has 1 atom stereocenters. The van der Waals surface area contributed by atoms with Gasteiger partial charge in [-0.15, -0.1) is 0 Å². The van der Waals surface area contributed by atoms with Crippen molar-refractivity contribution in [3.05, 3.63) is 69.5 Å². The van der Waals surface area contributed by atoms with E-state index in [1.54, 1.807) is 30.3 Å². The lowest BCUT2D eigenvalue weighted by molar-refractivity contribution is -0.126. The highest BCUT2D eigenvalue weighted by Crippen LogP contribution is 2.29. The monoisotopic (exact) mass is 472 g/mol. The third-order valence-electron chi connectivity index (χ3n) is 5.34. The SMILES string of the molecule is C[C@H](NC(=O)C1CCN(S(=O)(=O)Cc2c(Cl)cccc2Cl)CC1)c1ccc(F)cc1. The van der Waals surface area contributed by atoms with Gasteiger partial charge in [0.25, 0.3) is 0 Å². The molecule has 0 aliphatic carbocycles. The molecule has 0 unspecified atom stereocenters. The second-order valence-electron chi connectivity index (χ2n) is 7.41. The molecule has 3 rings (SSSR count). The van der Waals surface area contributed by atoms with Gasteiger partial charge in [0.15, 0.2) is 0 Å². The number of nitrogens with one attached hydrogen (secondary N) is 1. The topological polar surface area (TPSA) is 66.5 Å². The van der Waals surface area contributed by atoms with Gasteiger partial charge in [0.05, 0.1) is 11.8 Å². The van der Waals surface area contributed by atoms with Crippen molar-refractivity contribution in [2.45, 2.75) is 31.6 Å². The third-order valence-corrected chi connectivity index (χ3v) is 7.85. The van der Waals surface area contributed by atoms with Crippen molar-refractivity contribution in [3.63, 3.8) is 0 Å². The van der Waals surface area contributed by atoms with Crippen LogP contribution in [0.3, 0.4) is 0 Å². The number of sulfonamides is 1. The summed E-state index contributed by atoms with van der Waals surface area (Å²) >= 11 is 12.2. The molecule has 162 valence electrons. The van der Waals surface area contributed by atoms with Crippen molar-refractivity contribution < 1.29 is 17.6 Å². The zero-order valence-electron chi connectivity index (χ0n) is 16.4. The molecular weight excluding hydrogens is 450 g/mol. The molecule has 30 heavy (non-hydrogen) atoms. The average molecular weight is 473 g/mol. The third kappa shape index (κ3) is 5.52. The lowest BCUT2D eigenvalue weighted by Crippen LogP contribution is -2.43. The largest absolute Gasteiger partial charge is 0.349 e. The number of carbonyl (C=O) groups is 1. The molecule has 2 aromatic rings. The number of amides is 1. The first-order valence-electron chi connectivity index (χ1n) is 9.64. The van der Waals surface area contributed by atoms with Gasteiger partial charge in [-0.2, -0.15) is 0 Å². The van der Waals surface area contributed by atoms with Crippen molar-refractivity contribution in [2.75, 3.05) is 13.1 Å². The number of rotatable bonds is 6. The molecule has 1 aliphatic heterocycles. The number of carbonyl (C=O) groups excluding carboxylic acids is 1. The van der Waals surface area contributed by atoms with E-state index < -0.39 is 10.0 Å². The Morgan fingerprint density at radius 1 is 1.13 bits per heavy atom. The molecule has 9 heteroatoms. The second kappa shape index (κ2) is 9.64. The predicted octanol–water partition coefficient (Wildman–Crippen LogP) is 4.55. The van der Waals surface area contributed by atoms with Crippen LogP contribution < -0.4 is 5.32 Å². The van der Waals surface area contributed by atoms with Crippen molar-refractivity contribution in [2.24, 2.45) is 5.92 Å². The number of halogens is 3. The zero-order valence-corrected chi connectivity index (χ0v) is 18.8. The van der Waals surface area contributed by atoms with Crippen LogP contribution in [0.15, 0.2) is 42.5 Å². The van der Waals surface area contributed by atoms with Crippen LogP contribution in [0, 0.1) is 11.7 Å². The van der Waals surface area contributed by atoms with Crippen LogP contribution >= 0.6 is 23.2 Å². The van der Waals surface area contributed by atoms with E-state index >= 15 is 0 Å². The van der Waals surface area contributed by atoms with E-state index in [0.29, 0.717) is 28.5 Å². The number of nitrogens with zero attached hydrogens (tertiary/aromatic N) is 1. The van der Waals surface area contributed by atoms with E-state index in [1.165, 1.54) is 16.4 Å². The van der Waals surface area contributed by atoms with Crippen molar-refractivity contribution in [1.82, 2.24) is 9.62 Å². The molecule has 1 N–H and O–H groups in total. The van der Waals surface area contributed by atoms with E-state index in [-0.39, 0.29) is 42.5 Å². The Morgan fingerprint density at radius 3 is 2.27 bits per heavy atom. The molecule has 1 aliphatic rings. The summed E-state index contributed by atoms with van der Waals surface area (Å²) in [6.07, 6.45) is 0.856. The van der Waals surface area contributed by atoms with Crippen LogP contribution in [-0.2, 0) is 20.6 Å². The van der Waals surface area contributed by atoms with E-state index in [1.807, 2.05) is 6.92 Å². The molecular formula is C21H23Cl2FN2O3S. The fourth-order valence-corrected chi connectivity index (χ4v) is 5.82. The van der Waals surface area contributed by atoms with Crippen molar-refractivity contribution in [1.29, 1.82) is 0 Å². The van der Waals surface area contributed by atoms with Crippen LogP contribution in [0.1, 0.15) is 36.9 Å². The van der Waals surface area contributed by atoms with Gasteiger partial charge in [-0.05, 0) is 49.6 Å². The molecule has 1 fully saturated rings. The van der Waals surface area contributed by atoms with Crippen LogP contribution in [0.4, 0.5) is 4.39 Å². The van der Waals surface area contributed by atoms with Gasteiger partial charge in [-0.25, -0.2) is 17.1 Å². The summed E-state index contributed by atoms with van der Waals surface area (Å²) in [6.45, 7) is 2.35. The van der Waals surface area contributed by atoms with Gasteiger partial charge in [0, 0.05) is 34.6 Å². The van der Waals surface area contributed by atoms with Crippen LogP contribution in [0.2, 0.25) is 10.0 Å². The quantitative estimate of drug-likeness (QED) is 0.670. The maximum Gasteiger partial charge on any atom is 0.223 e. The maximum atomic E-state index is 13.1. The highest BCUT2D eigenvalue weighted by molar-refractivity contribution is 7.88. The fraction of sp³-hybridized carbons (Fsp3) is 0.381. The molecule has 0 aromatic heterocycles. The minimum Gasteiger partial charge on any atom is -0.349 e. The minimum atomic E-state index is -3.60. The molecule has 5 nitrogen and oxygen atoms in total. The summed E-state index contributed by atoms with van der Waals surface area (Å²) in [5, 5.41) is 3.56. The van der Waals surface area contributed by atoms with E-state index in [9.17, 15) is 17.6 Å². The van der Waals surface area contributed by atoms with E-state index in [0.717, 1.165) is 5.56 Å². The molecule has 0 radical (unpaired) electrons. The highest BCUT2D eigenvalue weighted by Gasteiger charge is 2.32. The normalized spacial score (nSPS) is 16.9. The van der Waals surface area contributed by atoms with Crippen molar-refractivity contribution in [3.8, 4) is 0 Å². The number of piperidine rings is 1. The van der Waals surface area contributed by atoms with E-state index in [4.69, 9.17) is 23.2 Å². The zero-order chi connectivity index (χ0) is 21.9. The lowest BCUT2D eigenvalue weighted by Gasteiger charge is -2.31. The second-order valence-corrected chi connectivity index (χ2v) is 10.2. The van der Waals surface area contributed by atoms with Crippen LogP contribution in [0.5, 0.6) is 0 Å². The lowest BCUT2D eigenvalue weighted by atomic mass is 9.96. The summed E-state index contributed by atoms with van der Waals surface area (Å²) in [5.74, 6) is -1.01. The fourth-order valence-electron chi connectivity index (χ4n) is 3.51. The standard InChI is InChI=1S/C21H23Cl2FN2O3S/c1-14(15-5-7-17(24)8-6-15)25-21(27)16-9-11-26(12-10-16)30(28,29)13-18-19(22)3-2-4-20(18)23/h2-8,14,16H,9-13H2,1H3,(H,25,27)/t14-/m0/s1. The van der Waals surface area contributed by atoms with Crippen molar-refractivity contribution >= 4 is 39.1 Å². The Hall–Kier alpha value is -1.67. The van der Waals surface area contributed by atoms with Gasteiger partial charge in [-0.3, -0.25) is 4.79 Å². The Morgan fingerprint density at radius 2 is 1.70 bits per heavy atom. The number of benzene rings is 2.